The first kappa shape index (κ1) is 18.2. The lowest BCUT2D eigenvalue weighted by molar-refractivity contribution is -0.120. The van der Waals surface area contributed by atoms with Gasteiger partial charge in [0.1, 0.15) is 17.3 Å². The fourth-order valence-corrected chi connectivity index (χ4v) is 4.07. The number of carbonyl (C=O) groups is 2. The van der Waals surface area contributed by atoms with E-state index in [4.69, 9.17) is 10.5 Å². The van der Waals surface area contributed by atoms with Crippen LogP contribution in [0.5, 0.6) is 11.5 Å². The van der Waals surface area contributed by atoms with Crippen molar-refractivity contribution in [2.75, 3.05) is 0 Å². The molecule has 7 heteroatoms. The zero-order valence-electron chi connectivity index (χ0n) is 16.0. The van der Waals surface area contributed by atoms with Crippen molar-refractivity contribution in [2.45, 2.75) is 19.3 Å². The monoisotopic (exact) mass is 398 g/mol. The molecule has 1 aliphatic carbocycles. The van der Waals surface area contributed by atoms with Gasteiger partial charge in [-0.15, -0.1) is 0 Å². The predicted molar refractivity (Wildman–Crippen MR) is 114 cm³/mol. The number of nitrogens with zero attached hydrogens (tertiary/aromatic N) is 3. The van der Waals surface area contributed by atoms with Gasteiger partial charge in [-0.05, 0) is 48.2 Å². The van der Waals surface area contributed by atoms with Gasteiger partial charge < -0.3 is 10.5 Å². The molecule has 2 N–H and O–H groups in total. The van der Waals surface area contributed by atoms with Crippen LogP contribution < -0.4 is 10.5 Å². The van der Waals surface area contributed by atoms with Crippen LogP contribution in [0.4, 0.5) is 0 Å². The topological polar surface area (TPSA) is 106 Å². The molecule has 2 aromatic carbocycles. The van der Waals surface area contributed by atoms with Crippen molar-refractivity contribution < 1.29 is 14.3 Å². The number of rotatable bonds is 3. The Morgan fingerprint density at radius 2 is 1.70 bits per heavy atom. The summed E-state index contributed by atoms with van der Waals surface area (Å²) >= 11 is 0. The summed E-state index contributed by atoms with van der Waals surface area (Å²) in [5.74, 6) is 0.360. The van der Waals surface area contributed by atoms with Crippen LogP contribution in [0, 0.1) is 5.92 Å². The number of aliphatic imine (C=N–C) groups is 3. The lowest BCUT2D eigenvalue weighted by Gasteiger charge is -2.31. The highest BCUT2D eigenvalue weighted by molar-refractivity contribution is 6.38. The van der Waals surface area contributed by atoms with E-state index in [1.807, 2.05) is 54.6 Å². The molecule has 1 amide bonds. The van der Waals surface area contributed by atoms with Gasteiger partial charge in [-0.25, -0.2) is 4.99 Å². The molecule has 0 aromatic heterocycles. The van der Waals surface area contributed by atoms with Crippen LogP contribution in [0.3, 0.4) is 0 Å². The number of carbonyl (C=O) groups excluding carboxylic acids is 2. The Labute approximate surface area is 172 Å². The van der Waals surface area contributed by atoms with Crippen molar-refractivity contribution in [3.8, 4) is 11.5 Å². The first-order valence-electron chi connectivity index (χ1n) is 9.75. The van der Waals surface area contributed by atoms with Crippen molar-refractivity contribution in [1.82, 2.24) is 0 Å². The summed E-state index contributed by atoms with van der Waals surface area (Å²) in [6, 6.07) is 16.8. The average Bonchev–Trinajstić information content (AvgIpc) is 2.73. The highest BCUT2D eigenvalue weighted by atomic mass is 16.5. The number of fused-ring (bicyclic) bond motifs is 2. The minimum atomic E-state index is -0.571. The maximum atomic E-state index is 12.9. The minimum absolute atomic E-state index is 0.0475. The summed E-state index contributed by atoms with van der Waals surface area (Å²) < 4.78 is 5.95. The van der Waals surface area contributed by atoms with E-state index in [1.165, 1.54) is 0 Å². The van der Waals surface area contributed by atoms with Crippen LogP contribution in [-0.4, -0.2) is 29.2 Å². The molecule has 0 radical (unpaired) electrons. The molecule has 0 saturated heterocycles. The SMILES string of the molecule is NC1=NC(=O)C2=C(c3cccc(Oc4ccccc4)c3)C3C(=O)CCCC3=NC2=N1. The predicted octanol–water partition coefficient (Wildman–Crippen LogP) is 3.31. The van der Waals surface area contributed by atoms with Crippen LogP contribution in [0.1, 0.15) is 24.8 Å². The quantitative estimate of drug-likeness (QED) is 0.856. The number of guanidine groups is 1. The summed E-state index contributed by atoms with van der Waals surface area (Å²) in [6.45, 7) is 0. The van der Waals surface area contributed by atoms with Crippen molar-refractivity contribution in [1.29, 1.82) is 0 Å². The number of hydrogen-bond acceptors (Lipinski definition) is 6. The number of amidine groups is 1. The van der Waals surface area contributed by atoms with Crippen LogP contribution in [-0.2, 0) is 9.59 Å². The number of nitrogens with two attached hydrogens (primary N) is 1. The van der Waals surface area contributed by atoms with Gasteiger partial charge in [0, 0.05) is 12.1 Å². The zero-order valence-corrected chi connectivity index (χ0v) is 16.0. The fourth-order valence-electron chi connectivity index (χ4n) is 4.07. The third kappa shape index (κ3) is 3.14. The molecule has 5 rings (SSSR count). The number of allylic oxidation sites excluding steroid dienone is 1. The largest absolute Gasteiger partial charge is 0.457 e. The number of ketones is 1. The molecule has 2 aromatic rings. The molecule has 1 saturated carbocycles. The Bertz CT molecular complexity index is 1190. The lowest BCUT2D eigenvalue weighted by Crippen LogP contribution is -2.38. The Hall–Kier alpha value is -3.87. The number of para-hydroxylation sites is 1. The molecule has 30 heavy (non-hydrogen) atoms. The molecule has 1 fully saturated rings. The van der Waals surface area contributed by atoms with Crippen LogP contribution in [0.25, 0.3) is 5.57 Å². The summed E-state index contributed by atoms with van der Waals surface area (Å²) in [6.07, 6.45) is 1.86. The van der Waals surface area contributed by atoms with Gasteiger partial charge in [0.25, 0.3) is 5.91 Å². The van der Waals surface area contributed by atoms with Gasteiger partial charge in [0.05, 0.1) is 11.5 Å². The van der Waals surface area contributed by atoms with Crippen LogP contribution in [0.2, 0.25) is 0 Å². The van der Waals surface area contributed by atoms with Crippen molar-refractivity contribution in [3.63, 3.8) is 0 Å². The second-order valence-corrected chi connectivity index (χ2v) is 7.30. The zero-order chi connectivity index (χ0) is 20.7. The first-order valence-corrected chi connectivity index (χ1v) is 9.75. The summed E-state index contributed by atoms with van der Waals surface area (Å²) in [7, 11) is 0. The molecule has 0 spiro atoms. The maximum absolute atomic E-state index is 12.9. The Morgan fingerprint density at radius 3 is 2.53 bits per heavy atom. The molecule has 0 bridgehead atoms. The smallest absolute Gasteiger partial charge is 0.284 e. The van der Waals surface area contributed by atoms with Crippen molar-refractivity contribution in [3.05, 3.63) is 65.7 Å². The molecule has 7 nitrogen and oxygen atoms in total. The summed E-state index contributed by atoms with van der Waals surface area (Å²) in [5, 5.41) is 0. The van der Waals surface area contributed by atoms with Crippen molar-refractivity contribution >= 4 is 34.8 Å². The van der Waals surface area contributed by atoms with Crippen LogP contribution in [0.15, 0.2) is 75.1 Å². The number of dihydropyridines is 1. The lowest BCUT2D eigenvalue weighted by atomic mass is 9.74. The number of amides is 1. The number of Topliss-reactive ketones (excluding diaryl/α,β-unsaturated/α-hetero) is 1. The Balaban J connectivity index is 1.65. The minimum Gasteiger partial charge on any atom is -0.457 e. The number of hydrogen-bond donors (Lipinski definition) is 1. The third-order valence-corrected chi connectivity index (χ3v) is 5.32. The third-order valence-electron chi connectivity index (χ3n) is 5.32. The molecule has 148 valence electrons. The van der Waals surface area contributed by atoms with Gasteiger partial charge in [0.15, 0.2) is 5.84 Å². The molecule has 2 aliphatic heterocycles. The molecule has 3 aliphatic rings. The molecule has 1 unspecified atom stereocenters. The summed E-state index contributed by atoms with van der Waals surface area (Å²) in [4.78, 5) is 38.1. The van der Waals surface area contributed by atoms with E-state index < -0.39 is 11.8 Å². The van der Waals surface area contributed by atoms with Gasteiger partial charge in [-0.2, -0.15) is 9.98 Å². The van der Waals surface area contributed by atoms with E-state index in [9.17, 15) is 9.59 Å². The second-order valence-electron chi connectivity index (χ2n) is 7.30. The van der Waals surface area contributed by atoms with Gasteiger partial charge in [-0.1, -0.05) is 30.3 Å². The second kappa shape index (κ2) is 7.18. The van der Waals surface area contributed by atoms with Gasteiger partial charge >= 0.3 is 0 Å². The highest BCUT2D eigenvalue weighted by Crippen LogP contribution is 2.40. The normalized spacial score (nSPS) is 20.7. The first-order chi connectivity index (χ1) is 14.6. The standard InChI is InChI=1S/C23H18N4O3/c24-23-26-21-20(22(29)27-23)18(19-16(25-21)10-5-11-17(19)28)13-6-4-9-15(12-13)30-14-7-2-1-3-8-14/h1-4,6-9,12,19H,5,10-11H2,(H2,24,27,29). The van der Waals surface area contributed by atoms with E-state index in [-0.39, 0.29) is 23.2 Å². The van der Waals surface area contributed by atoms with E-state index in [0.29, 0.717) is 35.5 Å². The maximum Gasteiger partial charge on any atom is 0.284 e. The van der Waals surface area contributed by atoms with E-state index >= 15 is 0 Å². The Morgan fingerprint density at radius 1 is 0.900 bits per heavy atom. The van der Waals surface area contributed by atoms with Gasteiger partial charge in [-0.3, -0.25) is 9.59 Å². The molecule has 2 heterocycles. The molecular formula is C23H18N4O3. The Kier molecular flexibility index (Phi) is 4.35. The number of benzene rings is 2. The van der Waals surface area contributed by atoms with E-state index in [1.54, 1.807) is 0 Å². The molecule has 1 atom stereocenters. The van der Waals surface area contributed by atoms with Crippen LogP contribution >= 0.6 is 0 Å². The average molecular weight is 398 g/mol. The van der Waals surface area contributed by atoms with Gasteiger partial charge in [0.2, 0.25) is 5.96 Å². The van der Waals surface area contributed by atoms with E-state index in [0.717, 1.165) is 12.1 Å². The summed E-state index contributed by atoms with van der Waals surface area (Å²) in [5.41, 5.74) is 7.95. The highest BCUT2D eigenvalue weighted by Gasteiger charge is 2.41. The fraction of sp³-hybridized carbons (Fsp3) is 0.174. The number of ether oxygens (including phenoxy) is 1. The van der Waals surface area contributed by atoms with Crippen molar-refractivity contribution in [2.24, 2.45) is 26.6 Å². The molecular weight excluding hydrogens is 380 g/mol. The van der Waals surface area contributed by atoms with E-state index in [2.05, 4.69) is 15.0 Å².